The maximum absolute atomic E-state index is 6.37. The minimum Gasteiger partial charge on any atom is -0.0827 e. The Morgan fingerprint density at radius 3 is 1.18 bits per heavy atom. The normalized spacial score (nSPS) is 10.7. The molecule has 0 saturated heterocycles. The summed E-state index contributed by atoms with van der Waals surface area (Å²) in [5.41, 5.74) is 3.64. The van der Waals surface area contributed by atoms with E-state index < -0.39 is 0 Å². The van der Waals surface area contributed by atoms with E-state index in [9.17, 15) is 0 Å². The zero-order chi connectivity index (χ0) is 15.7. The third-order valence-electron chi connectivity index (χ3n) is 3.41. The van der Waals surface area contributed by atoms with E-state index >= 15 is 0 Å². The monoisotopic (exact) mass is 366 g/mol. The van der Waals surface area contributed by atoms with Crippen molar-refractivity contribution in [1.29, 1.82) is 0 Å². The third-order valence-corrected chi connectivity index (χ3v) is 5.05. The molecule has 0 heterocycles. The highest BCUT2D eigenvalue weighted by molar-refractivity contribution is 6.44. The molecule has 0 aliphatic heterocycles. The molecule has 0 unspecified atom stereocenters. The highest BCUT2D eigenvalue weighted by Crippen LogP contribution is 2.42. The molecule has 0 saturated carbocycles. The molecule has 0 nitrogen and oxygen atoms in total. The molecule has 0 fully saturated rings. The molecule has 0 aliphatic rings. The zero-order valence-electron chi connectivity index (χ0n) is 11.3. The van der Waals surface area contributed by atoms with E-state index in [0.29, 0.717) is 20.1 Å². The summed E-state index contributed by atoms with van der Waals surface area (Å²) in [4.78, 5) is 0. The summed E-state index contributed by atoms with van der Waals surface area (Å²) >= 11 is 25.0. The van der Waals surface area contributed by atoms with Gasteiger partial charge in [0.1, 0.15) is 0 Å². The van der Waals surface area contributed by atoms with E-state index in [1.807, 2.05) is 48.5 Å². The van der Waals surface area contributed by atoms with Gasteiger partial charge in [-0.15, -0.1) is 0 Å². The molecule has 0 radical (unpaired) electrons. The van der Waals surface area contributed by atoms with E-state index in [2.05, 4.69) is 0 Å². The van der Waals surface area contributed by atoms with Gasteiger partial charge < -0.3 is 0 Å². The van der Waals surface area contributed by atoms with Crippen LogP contribution in [0.5, 0.6) is 0 Å². The van der Waals surface area contributed by atoms with Gasteiger partial charge in [0.15, 0.2) is 0 Å². The molecule has 0 bridgehead atoms. The van der Waals surface area contributed by atoms with Gasteiger partial charge in [0.25, 0.3) is 0 Å². The van der Waals surface area contributed by atoms with Crippen LogP contribution in [0.2, 0.25) is 20.1 Å². The average molecular weight is 368 g/mol. The van der Waals surface area contributed by atoms with Crippen LogP contribution in [0, 0.1) is 0 Å². The summed E-state index contributed by atoms with van der Waals surface area (Å²) in [5.74, 6) is 0. The average Bonchev–Trinajstić information content (AvgIpc) is 2.53. The first kappa shape index (κ1) is 15.7. The Bertz CT molecular complexity index is 770. The molecule has 3 aromatic rings. The highest BCUT2D eigenvalue weighted by atomic mass is 35.5. The summed E-state index contributed by atoms with van der Waals surface area (Å²) in [7, 11) is 0. The summed E-state index contributed by atoms with van der Waals surface area (Å²) in [6.07, 6.45) is 0. The molecule has 22 heavy (non-hydrogen) atoms. The topological polar surface area (TPSA) is 0 Å². The Balaban J connectivity index is 2.28. The predicted molar refractivity (Wildman–Crippen MR) is 97.4 cm³/mol. The SMILES string of the molecule is Clc1cccc(-c2ccccc2-c2cccc(Cl)c2Cl)c1Cl. The highest BCUT2D eigenvalue weighted by Gasteiger charge is 2.14. The third kappa shape index (κ3) is 2.85. The van der Waals surface area contributed by atoms with Gasteiger partial charge in [0.2, 0.25) is 0 Å². The van der Waals surface area contributed by atoms with Crippen LogP contribution in [-0.2, 0) is 0 Å². The molecule has 3 rings (SSSR count). The van der Waals surface area contributed by atoms with E-state index in [-0.39, 0.29) is 0 Å². The van der Waals surface area contributed by atoms with Crippen molar-refractivity contribution in [3.8, 4) is 22.3 Å². The number of rotatable bonds is 2. The molecule has 0 aliphatic carbocycles. The van der Waals surface area contributed by atoms with Gasteiger partial charge >= 0.3 is 0 Å². The lowest BCUT2D eigenvalue weighted by molar-refractivity contribution is 1.58. The van der Waals surface area contributed by atoms with Crippen LogP contribution in [0.1, 0.15) is 0 Å². The second-order valence-corrected chi connectivity index (χ2v) is 6.32. The first-order valence-corrected chi connectivity index (χ1v) is 8.08. The number of hydrogen-bond acceptors (Lipinski definition) is 0. The van der Waals surface area contributed by atoms with Crippen LogP contribution < -0.4 is 0 Å². The molecule has 0 amide bonds. The second kappa shape index (κ2) is 6.52. The zero-order valence-corrected chi connectivity index (χ0v) is 14.3. The fourth-order valence-corrected chi connectivity index (χ4v) is 3.18. The van der Waals surface area contributed by atoms with E-state index in [1.165, 1.54) is 0 Å². The van der Waals surface area contributed by atoms with Crippen molar-refractivity contribution in [2.45, 2.75) is 0 Å². The Morgan fingerprint density at radius 2 is 0.773 bits per heavy atom. The van der Waals surface area contributed by atoms with Crippen molar-refractivity contribution in [3.05, 3.63) is 80.8 Å². The standard InChI is InChI=1S/C18H10Cl4/c19-15-9-3-7-13(17(15)21)11-5-1-2-6-12(11)14-8-4-10-16(20)18(14)22/h1-10H. The lowest BCUT2D eigenvalue weighted by atomic mass is 9.94. The Kier molecular flexibility index (Phi) is 4.65. The van der Waals surface area contributed by atoms with Crippen LogP contribution in [0.4, 0.5) is 0 Å². The number of hydrogen-bond donors (Lipinski definition) is 0. The fraction of sp³-hybridized carbons (Fsp3) is 0. The summed E-state index contributed by atoms with van der Waals surface area (Å²) in [6.45, 7) is 0. The van der Waals surface area contributed by atoms with Gasteiger partial charge in [-0.05, 0) is 23.3 Å². The van der Waals surface area contributed by atoms with Crippen LogP contribution in [-0.4, -0.2) is 0 Å². The molecule has 0 atom stereocenters. The van der Waals surface area contributed by atoms with Crippen LogP contribution >= 0.6 is 46.4 Å². The largest absolute Gasteiger partial charge is 0.0827 e. The Hall–Kier alpha value is -1.18. The number of benzene rings is 3. The molecular formula is C18H10Cl4. The van der Waals surface area contributed by atoms with Crippen LogP contribution in [0.15, 0.2) is 60.7 Å². The quantitative estimate of drug-likeness (QED) is 0.436. The van der Waals surface area contributed by atoms with Crippen LogP contribution in [0.3, 0.4) is 0 Å². The summed E-state index contributed by atoms with van der Waals surface area (Å²) in [5, 5.41) is 2.09. The van der Waals surface area contributed by atoms with Crippen molar-refractivity contribution >= 4 is 46.4 Å². The fourth-order valence-electron chi connectivity index (χ4n) is 2.38. The maximum atomic E-state index is 6.37. The molecule has 4 heteroatoms. The maximum Gasteiger partial charge on any atom is 0.0670 e. The van der Waals surface area contributed by atoms with Gasteiger partial charge in [0.05, 0.1) is 20.1 Å². The van der Waals surface area contributed by atoms with E-state index in [4.69, 9.17) is 46.4 Å². The minimum absolute atomic E-state index is 0.520. The molecule has 110 valence electrons. The first-order chi connectivity index (χ1) is 10.6. The number of halogens is 4. The molecule has 0 spiro atoms. The van der Waals surface area contributed by atoms with E-state index in [0.717, 1.165) is 22.3 Å². The molecule has 0 aromatic heterocycles. The van der Waals surface area contributed by atoms with Crippen molar-refractivity contribution in [1.82, 2.24) is 0 Å². The first-order valence-electron chi connectivity index (χ1n) is 6.57. The predicted octanol–water partition coefficient (Wildman–Crippen LogP) is 7.63. The van der Waals surface area contributed by atoms with Gasteiger partial charge in [-0.3, -0.25) is 0 Å². The van der Waals surface area contributed by atoms with Gasteiger partial charge in [-0.2, -0.15) is 0 Å². The molecular weight excluding hydrogens is 358 g/mol. The van der Waals surface area contributed by atoms with Crippen molar-refractivity contribution in [2.24, 2.45) is 0 Å². The Morgan fingerprint density at radius 1 is 0.409 bits per heavy atom. The van der Waals surface area contributed by atoms with Crippen molar-refractivity contribution in [3.63, 3.8) is 0 Å². The lowest BCUT2D eigenvalue weighted by Gasteiger charge is -2.14. The Labute approximate surface area is 149 Å². The van der Waals surface area contributed by atoms with Gasteiger partial charge in [-0.1, -0.05) is 94.9 Å². The summed E-state index contributed by atoms with van der Waals surface area (Å²) in [6, 6.07) is 19.0. The van der Waals surface area contributed by atoms with E-state index in [1.54, 1.807) is 12.1 Å². The minimum atomic E-state index is 0.520. The van der Waals surface area contributed by atoms with Crippen LogP contribution in [0.25, 0.3) is 22.3 Å². The molecule has 0 N–H and O–H groups in total. The van der Waals surface area contributed by atoms with Gasteiger partial charge in [-0.25, -0.2) is 0 Å². The smallest absolute Gasteiger partial charge is 0.0670 e. The van der Waals surface area contributed by atoms with Crippen molar-refractivity contribution < 1.29 is 0 Å². The lowest BCUT2D eigenvalue weighted by Crippen LogP contribution is -1.88. The van der Waals surface area contributed by atoms with Crippen molar-refractivity contribution in [2.75, 3.05) is 0 Å². The molecule has 3 aromatic carbocycles. The van der Waals surface area contributed by atoms with Gasteiger partial charge in [0, 0.05) is 11.1 Å². The second-order valence-electron chi connectivity index (χ2n) is 4.75. The summed E-state index contributed by atoms with van der Waals surface area (Å²) < 4.78 is 0.